The van der Waals surface area contributed by atoms with E-state index in [1.165, 1.54) is 10.9 Å². The minimum absolute atomic E-state index is 0.0512. The fraction of sp³-hybridized carbons (Fsp3) is 0.357. The van der Waals surface area contributed by atoms with Gasteiger partial charge in [-0.2, -0.15) is 0 Å². The van der Waals surface area contributed by atoms with Crippen molar-refractivity contribution in [2.24, 2.45) is 0 Å². The molecule has 0 spiro atoms. The number of benzene rings is 1. The Bertz CT molecular complexity index is 803. The molecule has 10 heteroatoms. The summed E-state index contributed by atoms with van der Waals surface area (Å²) in [6.07, 6.45) is 2.99. The zero-order valence-electron chi connectivity index (χ0n) is 13.4. The molecule has 0 aliphatic heterocycles. The number of hydrogen-bond acceptors (Lipinski definition) is 6. The Morgan fingerprint density at radius 2 is 2.08 bits per heavy atom. The van der Waals surface area contributed by atoms with Gasteiger partial charge >= 0.3 is 0 Å². The van der Waals surface area contributed by atoms with Crippen molar-refractivity contribution >= 4 is 21.7 Å². The van der Waals surface area contributed by atoms with Crippen molar-refractivity contribution in [3.63, 3.8) is 0 Å². The van der Waals surface area contributed by atoms with Crippen LogP contribution >= 0.6 is 0 Å². The molecule has 0 saturated heterocycles. The number of anilines is 1. The summed E-state index contributed by atoms with van der Waals surface area (Å²) >= 11 is 0. The standard InChI is InChI=1S/C14H19N5O4S/c1-23-12-6-4-3-5-11(12)7-8-15-14(20)10-19-9-13(16-18-19)17-24(2,21)22/h3-6,9,17H,7-8,10H2,1-2H3,(H,15,20). The highest BCUT2D eigenvalue weighted by molar-refractivity contribution is 7.92. The molecular weight excluding hydrogens is 334 g/mol. The highest BCUT2D eigenvalue weighted by Gasteiger charge is 2.09. The monoisotopic (exact) mass is 353 g/mol. The van der Waals surface area contributed by atoms with Crippen LogP contribution in [0.2, 0.25) is 0 Å². The van der Waals surface area contributed by atoms with Gasteiger partial charge in [-0.3, -0.25) is 9.52 Å². The summed E-state index contributed by atoms with van der Waals surface area (Å²) in [5.74, 6) is 0.597. The van der Waals surface area contributed by atoms with E-state index in [4.69, 9.17) is 4.74 Å². The first-order valence-electron chi connectivity index (χ1n) is 7.14. The second-order valence-corrected chi connectivity index (χ2v) is 6.84. The van der Waals surface area contributed by atoms with Crippen LogP contribution in [0.4, 0.5) is 5.82 Å². The molecule has 0 saturated carbocycles. The summed E-state index contributed by atoms with van der Waals surface area (Å²) in [5.41, 5.74) is 1.00. The van der Waals surface area contributed by atoms with Gasteiger partial charge in [0.15, 0.2) is 5.82 Å². The minimum atomic E-state index is -3.42. The summed E-state index contributed by atoms with van der Waals surface area (Å²) in [7, 11) is -1.82. The third-order valence-corrected chi connectivity index (χ3v) is 3.62. The number of carbonyl (C=O) groups is 1. The molecule has 2 rings (SSSR count). The molecule has 1 heterocycles. The fourth-order valence-corrected chi connectivity index (χ4v) is 2.53. The quantitative estimate of drug-likeness (QED) is 0.691. The van der Waals surface area contributed by atoms with Crippen molar-refractivity contribution in [3.8, 4) is 5.75 Å². The van der Waals surface area contributed by atoms with Crippen LogP contribution in [-0.2, 0) is 27.8 Å². The van der Waals surface area contributed by atoms with E-state index in [9.17, 15) is 13.2 Å². The summed E-state index contributed by atoms with van der Waals surface area (Å²) < 4.78 is 30.9. The second kappa shape index (κ2) is 7.77. The molecule has 1 amide bonds. The lowest BCUT2D eigenvalue weighted by Gasteiger charge is -2.09. The smallest absolute Gasteiger partial charge is 0.241 e. The van der Waals surface area contributed by atoms with E-state index in [0.717, 1.165) is 17.6 Å². The maximum absolute atomic E-state index is 11.9. The number of ether oxygens (including phenoxy) is 1. The summed E-state index contributed by atoms with van der Waals surface area (Å²) in [6.45, 7) is 0.396. The van der Waals surface area contributed by atoms with Crippen LogP contribution in [-0.4, -0.2) is 49.2 Å². The molecule has 0 radical (unpaired) electrons. The normalized spacial score (nSPS) is 11.1. The van der Waals surface area contributed by atoms with E-state index < -0.39 is 10.0 Å². The lowest BCUT2D eigenvalue weighted by Crippen LogP contribution is -2.29. The van der Waals surface area contributed by atoms with Gasteiger partial charge in [0, 0.05) is 6.54 Å². The van der Waals surface area contributed by atoms with E-state index in [0.29, 0.717) is 13.0 Å². The molecule has 2 N–H and O–H groups in total. The van der Waals surface area contributed by atoms with Gasteiger partial charge in [-0.1, -0.05) is 23.4 Å². The van der Waals surface area contributed by atoms with Crippen molar-refractivity contribution in [1.29, 1.82) is 0 Å². The van der Waals surface area contributed by atoms with Gasteiger partial charge < -0.3 is 10.1 Å². The van der Waals surface area contributed by atoms with Gasteiger partial charge in [0.2, 0.25) is 15.9 Å². The largest absolute Gasteiger partial charge is 0.496 e. The maximum atomic E-state index is 11.9. The molecule has 1 aromatic heterocycles. The van der Waals surface area contributed by atoms with Crippen LogP contribution in [0.3, 0.4) is 0 Å². The molecule has 0 aliphatic carbocycles. The number of aromatic nitrogens is 3. The molecule has 2 aromatic rings. The van der Waals surface area contributed by atoms with Gasteiger partial charge in [-0.25, -0.2) is 13.1 Å². The van der Waals surface area contributed by atoms with Crippen molar-refractivity contribution in [1.82, 2.24) is 20.3 Å². The van der Waals surface area contributed by atoms with E-state index >= 15 is 0 Å². The lowest BCUT2D eigenvalue weighted by atomic mass is 10.1. The number of rotatable bonds is 8. The lowest BCUT2D eigenvalue weighted by molar-refractivity contribution is -0.121. The number of amides is 1. The van der Waals surface area contributed by atoms with Crippen LogP contribution in [0.5, 0.6) is 5.75 Å². The Labute approximate surface area is 140 Å². The number of nitrogens with zero attached hydrogens (tertiary/aromatic N) is 3. The molecule has 0 atom stereocenters. The molecule has 1 aromatic carbocycles. The van der Waals surface area contributed by atoms with Gasteiger partial charge in [-0.15, -0.1) is 5.10 Å². The van der Waals surface area contributed by atoms with Crippen molar-refractivity contribution in [2.75, 3.05) is 24.6 Å². The predicted molar refractivity (Wildman–Crippen MR) is 88.2 cm³/mol. The fourth-order valence-electron chi connectivity index (χ4n) is 2.06. The Morgan fingerprint density at radius 1 is 1.33 bits per heavy atom. The first kappa shape index (κ1) is 17.7. The Kier molecular flexibility index (Phi) is 5.74. The minimum Gasteiger partial charge on any atom is -0.496 e. The highest BCUT2D eigenvalue weighted by atomic mass is 32.2. The first-order chi connectivity index (χ1) is 11.4. The number of nitrogens with one attached hydrogen (secondary N) is 2. The van der Waals surface area contributed by atoms with E-state index in [2.05, 4.69) is 20.4 Å². The van der Waals surface area contributed by atoms with Gasteiger partial charge in [0.05, 0.1) is 19.6 Å². The summed E-state index contributed by atoms with van der Waals surface area (Å²) in [5, 5.41) is 10.1. The number of hydrogen-bond donors (Lipinski definition) is 2. The Morgan fingerprint density at radius 3 is 2.79 bits per heavy atom. The third-order valence-electron chi connectivity index (χ3n) is 3.04. The average molecular weight is 353 g/mol. The van der Waals surface area contributed by atoms with Gasteiger partial charge in [0.1, 0.15) is 12.3 Å². The molecule has 0 bridgehead atoms. The molecule has 130 valence electrons. The molecule has 0 aliphatic rings. The third kappa shape index (κ3) is 5.54. The number of sulfonamides is 1. The molecule has 9 nitrogen and oxygen atoms in total. The van der Waals surface area contributed by atoms with Crippen molar-refractivity contribution in [2.45, 2.75) is 13.0 Å². The molecule has 0 fully saturated rings. The molecule has 0 unspecified atom stereocenters. The van der Waals surface area contributed by atoms with Crippen LogP contribution in [0, 0.1) is 0 Å². The maximum Gasteiger partial charge on any atom is 0.241 e. The van der Waals surface area contributed by atoms with E-state index in [-0.39, 0.29) is 18.3 Å². The van der Waals surface area contributed by atoms with E-state index in [1.54, 1.807) is 7.11 Å². The van der Waals surface area contributed by atoms with Crippen LogP contribution in [0.25, 0.3) is 0 Å². The Hall–Kier alpha value is -2.62. The van der Waals surface area contributed by atoms with Crippen LogP contribution in [0.1, 0.15) is 5.56 Å². The summed E-state index contributed by atoms with van der Waals surface area (Å²) in [6, 6.07) is 7.59. The number of methoxy groups -OCH3 is 1. The van der Waals surface area contributed by atoms with Crippen LogP contribution < -0.4 is 14.8 Å². The zero-order valence-corrected chi connectivity index (χ0v) is 14.2. The SMILES string of the molecule is COc1ccccc1CCNC(=O)Cn1cc(NS(C)(=O)=O)nn1. The Balaban J connectivity index is 1.81. The predicted octanol–water partition coefficient (Wildman–Crippen LogP) is 0.0171. The molecule has 24 heavy (non-hydrogen) atoms. The topological polar surface area (TPSA) is 115 Å². The van der Waals surface area contributed by atoms with E-state index in [1.807, 2.05) is 24.3 Å². The zero-order chi connectivity index (χ0) is 17.6. The van der Waals surface area contributed by atoms with Gasteiger partial charge in [-0.05, 0) is 18.1 Å². The first-order valence-corrected chi connectivity index (χ1v) is 9.03. The molecular formula is C14H19N5O4S. The van der Waals surface area contributed by atoms with Crippen LogP contribution in [0.15, 0.2) is 30.5 Å². The highest BCUT2D eigenvalue weighted by Crippen LogP contribution is 2.17. The number of para-hydroxylation sites is 1. The summed E-state index contributed by atoms with van der Waals surface area (Å²) in [4.78, 5) is 11.9. The van der Waals surface area contributed by atoms with Crippen molar-refractivity contribution in [3.05, 3.63) is 36.0 Å². The second-order valence-electron chi connectivity index (χ2n) is 5.09. The van der Waals surface area contributed by atoms with Crippen molar-refractivity contribution < 1.29 is 17.9 Å². The average Bonchev–Trinajstić information content (AvgIpc) is 2.92. The number of carbonyl (C=O) groups excluding carboxylic acids is 1. The van der Waals surface area contributed by atoms with Gasteiger partial charge in [0.25, 0.3) is 0 Å².